The number of hydrogen-bond donors (Lipinski definition) is 1. The lowest BCUT2D eigenvalue weighted by atomic mass is 10.2. The molecule has 1 aliphatic rings. The molecule has 1 aliphatic heterocycles. The maximum atomic E-state index is 12.8. The number of ether oxygens (including phenoxy) is 2. The van der Waals surface area contributed by atoms with Crippen LogP contribution in [0.2, 0.25) is 0 Å². The van der Waals surface area contributed by atoms with Gasteiger partial charge in [0.1, 0.15) is 18.1 Å². The Balaban J connectivity index is 1.38. The van der Waals surface area contributed by atoms with Crippen molar-refractivity contribution < 1.29 is 23.9 Å². The average molecular weight is 461 g/mol. The fraction of sp³-hybridized carbons (Fsp3) is 0.0800. The van der Waals surface area contributed by atoms with Crippen LogP contribution in [-0.4, -0.2) is 30.4 Å². The third kappa shape index (κ3) is 6.02. The molecule has 3 aromatic carbocycles. The van der Waals surface area contributed by atoms with Crippen LogP contribution in [0.25, 0.3) is 6.08 Å². The maximum Gasteiger partial charge on any atom is 0.419 e. The number of carbonyl (C=O) groups is 3. The molecule has 0 unspecified atom stereocenters. The van der Waals surface area contributed by atoms with Crippen molar-refractivity contribution >= 4 is 40.8 Å². The number of hydrogen-bond acceptors (Lipinski definition) is 6. The van der Waals surface area contributed by atoms with Gasteiger partial charge < -0.3 is 9.47 Å². The van der Waals surface area contributed by atoms with E-state index < -0.39 is 12.0 Å². The molecule has 0 atom stereocenters. The molecule has 4 rings (SSSR count). The highest BCUT2D eigenvalue weighted by molar-refractivity contribution is 8.18. The maximum absolute atomic E-state index is 12.8. The van der Waals surface area contributed by atoms with Gasteiger partial charge in [0.25, 0.3) is 11.1 Å². The Morgan fingerprint density at radius 1 is 0.879 bits per heavy atom. The number of nitrogens with zero attached hydrogens (tertiary/aromatic N) is 1. The van der Waals surface area contributed by atoms with E-state index in [-0.39, 0.29) is 18.4 Å². The minimum atomic E-state index is -0.500. The molecule has 0 spiro atoms. The Kier molecular flexibility index (Phi) is 7.06. The predicted octanol–water partition coefficient (Wildman–Crippen LogP) is 5.09. The van der Waals surface area contributed by atoms with E-state index in [1.165, 1.54) is 4.90 Å². The summed E-state index contributed by atoms with van der Waals surface area (Å²) in [6.45, 7) is 0.520. The Bertz CT molecular complexity index is 1160. The highest BCUT2D eigenvalue weighted by Gasteiger charge is 2.24. The lowest BCUT2D eigenvalue weighted by Gasteiger charge is -2.22. The van der Waals surface area contributed by atoms with E-state index in [0.29, 0.717) is 22.1 Å². The molecule has 166 valence electrons. The van der Waals surface area contributed by atoms with Gasteiger partial charge in [0.15, 0.2) is 0 Å². The lowest BCUT2D eigenvalue weighted by molar-refractivity contribution is -0.115. The van der Waals surface area contributed by atoms with Crippen molar-refractivity contribution in [3.05, 3.63) is 95.4 Å². The second-order valence-electron chi connectivity index (χ2n) is 6.94. The number of thioether (sulfide) groups is 1. The Morgan fingerprint density at radius 3 is 2.18 bits per heavy atom. The van der Waals surface area contributed by atoms with Gasteiger partial charge in [-0.3, -0.25) is 19.8 Å². The van der Waals surface area contributed by atoms with Crippen LogP contribution in [-0.2, 0) is 4.79 Å². The van der Waals surface area contributed by atoms with Crippen LogP contribution < -0.4 is 19.7 Å². The van der Waals surface area contributed by atoms with Gasteiger partial charge in [-0.1, -0.05) is 48.5 Å². The van der Waals surface area contributed by atoms with Gasteiger partial charge in [0, 0.05) is 5.69 Å². The minimum absolute atomic E-state index is 0.242. The molecule has 0 aromatic heterocycles. The van der Waals surface area contributed by atoms with Crippen molar-refractivity contribution in [1.82, 2.24) is 5.32 Å². The van der Waals surface area contributed by atoms with Gasteiger partial charge in [-0.25, -0.2) is 4.79 Å². The summed E-state index contributed by atoms with van der Waals surface area (Å²) in [4.78, 5) is 37.6. The smallest absolute Gasteiger partial charge is 0.419 e. The quantitative estimate of drug-likeness (QED) is 0.494. The van der Waals surface area contributed by atoms with Gasteiger partial charge >= 0.3 is 6.09 Å². The van der Waals surface area contributed by atoms with Crippen LogP contribution in [0.3, 0.4) is 0 Å². The summed E-state index contributed by atoms with van der Waals surface area (Å²) in [7, 11) is 0. The summed E-state index contributed by atoms with van der Waals surface area (Å²) >= 11 is 0.872. The van der Waals surface area contributed by atoms with E-state index in [1.54, 1.807) is 54.6 Å². The summed E-state index contributed by atoms with van der Waals surface area (Å²) in [6.07, 6.45) is 1.14. The molecule has 1 saturated heterocycles. The third-order valence-electron chi connectivity index (χ3n) is 4.64. The van der Waals surface area contributed by atoms with Gasteiger partial charge in [0.05, 0.1) is 11.4 Å². The topological polar surface area (TPSA) is 84.9 Å². The monoisotopic (exact) mass is 460 g/mol. The molecule has 0 bridgehead atoms. The summed E-state index contributed by atoms with van der Waals surface area (Å²) in [5, 5.41) is 1.85. The Labute approximate surface area is 195 Å². The fourth-order valence-electron chi connectivity index (χ4n) is 3.07. The number of carbonyl (C=O) groups excluding carboxylic acids is 3. The molecular formula is C25H20N2O5S. The van der Waals surface area contributed by atoms with Gasteiger partial charge in [-0.15, -0.1) is 0 Å². The molecule has 7 nitrogen and oxygen atoms in total. The number of amides is 3. The molecule has 3 aromatic rings. The molecule has 0 radical (unpaired) electrons. The van der Waals surface area contributed by atoms with Crippen LogP contribution >= 0.6 is 11.8 Å². The minimum Gasteiger partial charge on any atom is -0.492 e. The van der Waals surface area contributed by atoms with Crippen LogP contribution in [0.15, 0.2) is 89.8 Å². The molecule has 0 aliphatic carbocycles. The highest BCUT2D eigenvalue weighted by Crippen LogP contribution is 2.26. The van der Waals surface area contributed by atoms with Gasteiger partial charge in [-0.2, -0.15) is 0 Å². The van der Waals surface area contributed by atoms with E-state index in [1.807, 2.05) is 36.4 Å². The summed E-state index contributed by atoms with van der Waals surface area (Å²) in [5.74, 6) is 0.680. The number of benzene rings is 3. The van der Waals surface area contributed by atoms with Gasteiger partial charge in [0.2, 0.25) is 0 Å². The van der Waals surface area contributed by atoms with E-state index >= 15 is 0 Å². The first kappa shape index (κ1) is 22.2. The highest BCUT2D eigenvalue weighted by atomic mass is 32.2. The number of para-hydroxylation sites is 2. The van der Waals surface area contributed by atoms with Crippen LogP contribution in [0, 0.1) is 0 Å². The second-order valence-corrected chi connectivity index (χ2v) is 7.95. The molecule has 3 amide bonds. The van der Waals surface area contributed by atoms with Crippen molar-refractivity contribution in [1.29, 1.82) is 0 Å². The molecule has 8 heteroatoms. The van der Waals surface area contributed by atoms with Crippen molar-refractivity contribution in [2.45, 2.75) is 0 Å². The molecule has 33 heavy (non-hydrogen) atoms. The van der Waals surface area contributed by atoms with E-state index in [2.05, 4.69) is 5.32 Å². The predicted molar refractivity (Wildman–Crippen MR) is 127 cm³/mol. The summed E-state index contributed by atoms with van der Waals surface area (Å²) in [6, 6.07) is 25.2. The van der Waals surface area contributed by atoms with Crippen LogP contribution in [0.4, 0.5) is 15.3 Å². The van der Waals surface area contributed by atoms with Crippen LogP contribution in [0.1, 0.15) is 5.56 Å². The Morgan fingerprint density at radius 2 is 1.55 bits per heavy atom. The zero-order valence-electron chi connectivity index (χ0n) is 17.5. The average Bonchev–Trinajstić information content (AvgIpc) is 3.15. The largest absolute Gasteiger partial charge is 0.492 e. The number of anilines is 1. The van der Waals surface area contributed by atoms with Crippen molar-refractivity contribution in [2.24, 2.45) is 0 Å². The lowest BCUT2D eigenvalue weighted by Crippen LogP contribution is -2.36. The number of nitrogens with one attached hydrogen (secondary N) is 1. The van der Waals surface area contributed by atoms with E-state index in [4.69, 9.17) is 9.47 Å². The molecule has 1 N–H and O–H groups in total. The molecule has 1 fully saturated rings. The summed E-state index contributed by atoms with van der Waals surface area (Å²) < 4.78 is 11.3. The first-order chi connectivity index (χ1) is 16.1. The first-order valence-corrected chi connectivity index (χ1v) is 11.0. The SMILES string of the molecule is O=C1NC(=O)/C(=C/c2ccc(OCCN(C(=O)Oc3ccccc3)c3ccccc3)cc2)S1. The van der Waals surface area contributed by atoms with Gasteiger partial charge in [-0.05, 0) is 59.8 Å². The fourth-order valence-corrected chi connectivity index (χ4v) is 3.75. The molecular weight excluding hydrogens is 440 g/mol. The number of imide groups is 1. The van der Waals surface area contributed by atoms with Crippen LogP contribution in [0.5, 0.6) is 11.5 Å². The third-order valence-corrected chi connectivity index (χ3v) is 5.45. The normalized spacial score (nSPS) is 14.1. The van der Waals surface area contributed by atoms with E-state index in [9.17, 15) is 14.4 Å². The van der Waals surface area contributed by atoms with Crippen molar-refractivity contribution in [3.63, 3.8) is 0 Å². The summed E-state index contributed by atoms with van der Waals surface area (Å²) in [5.41, 5.74) is 1.47. The second kappa shape index (κ2) is 10.5. The zero-order chi connectivity index (χ0) is 23.0. The molecule has 1 heterocycles. The number of rotatable bonds is 7. The standard InChI is InChI=1S/C25H20N2O5S/c28-23-22(33-24(29)26-23)17-18-11-13-20(14-12-18)31-16-15-27(19-7-3-1-4-8-19)25(30)32-21-9-5-2-6-10-21/h1-14,17H,15-16H2,(H,26,28,29)/b22-17-. The first-order valence-electron chi connectivity index (χ1n) is 10.2. The zero-order valence-corrected chi connectivity index (χ0v) is 18.3. The van der Waals surface area contributed by atoms with Crippen molar-refractivity contribution in [3.8, 4) is 11.5 Å². The molecule has 0 saturated carbocycles. The Hall–Kier alpha value is -4.04. The van der Waals surface area contributed by atoms with Crippen molar-refractivity contribution in [2.75, 3.05) is 18.1 Å². The van der Waals surface area contributed by atoms with E-state index in [0.717, 1.165) is 17.3 Å².